The Morgan fingerprint density at radius 1 is 1.21 bits per heavy atom. The Morgan fingerprint density at radius 3 is 2.08 bits per heavy atom. The molecular weight excluding hydrogens is 368 g/mol. The van der Waals surface area contributed by atoms with E-state index in [4.69, 9.17) is 0 Å². The Balaban J connectivity index is 0. The zero-order chi connectivity index (χ0) is 16.9. The second-order valence-corrected chi connectivity index (χ2v) is 6.24. The summed E-state index contributed by atoms with van der Waals surface area (Å²) < 4.78 is 39.7. The molecule has 2 atom stereocenters. The van der Waals surface area contributed by atoms with Gasteiger partial charge in [0, 0.05) is 32.7 Å². The van der Waals surface area contributed by atoms with Gasteiger partial charge in [0.05, 0.1) is 6.04 Å². The maximum absolute atomic E-state index is 13.2. The van der Waals surface area contributed by atoms with E-state index in [1.54, 1.807) is 19.0 Å². The van der Waals surface area contributed by atoms with Crippen LogP contribution in [0.4, 0.5) is 13.2 Å². The first-order valence-corrected chi connectivity index (χ1v) is 7.60. The molecule has 146 valence electrons. The lowest BCUT2D eigenvalue weighted by atomic mass is 10.0. The van der Waals surface area contributed by atoms with E-state index in [-0.39, 0.29) is 36.6 Å². The van der Waals surface area contributed by atoms with Crippen LogP contribution in [-0.4, -0.2) is 80.8 Å². The Labute approximate surface area is 154 Å². The van der Waals surface area contributed by atoms with Crippen molar-refractivity contribution in [1.82, 2.24) is 20.4 Å². The normalized spacial score (nSPS) is 18.5. The Kier molecular flexibility index (Phi) is 12.3. The van der Waals surface area contributed by atoms with Crippen molar-refractivity contribution in [2.75, 3.05) is 46.8 Å². The molecule has 24 heavy (non-hydrogen) atoms. The molecule has 1 heterocycles. The van der Waals surface area contributed by atoms with Gasteiger partial charge >= 0.3 is 6.18 Å². The molecule has 1 aliphatic rings. The molecule has 1 fully saturated rings. The summed E-state index contributed by atoms with van der Waals surface area (Å²) in [5.41, 5.74) is 0. The molecule has 0 radical (unpaired) electrons. The standard InChI is InChI=1S/C14H27F3N4O.2ClH/c1-10(2)12(20(3)4)13(22)19-9-11(14(15,16)17)21-7-5-18-6-8-21;;/h10-12,18H,5-9H2,1-4H3,(H,19,22);2*1H/t11?,12-;;/m0../s1. The van der Waals surface area contributed by atoms with E-state index in [0.29, 0.717) is 26.2 Å². The predicted molar refractivity (Wildman–Crippen MR) is 94.1 cm³/mol. The summed E-state index contributed by atoms with van der Waals surface area (Å²) in [6.07, 6.45) is -4.35. The van der Waals surface area contributed by atoms with Crippen LogP contribution in [0.3, 0.4) is 0 Å². The van der Waals surface area contributed by atoms with E-state index in [1.807, 2.05) is 13.8 Å². The SMILES string of the molecule is CC(C)[C@@H](C(=O)NCC(N1CCNCC1)C(F)(F)F)N(C)C.Cl.Cl. The lowest BCUT2D eigenvalue weighted by Gasteiger charge is -2.36. The van der Waals surface area contributed by atoms with Crippen molar-refractivity contribution in [3.63, 3.8) is 0 Å². The molecule has 0 aliphatic carbocycles. The maximum atomic E-state index is 13.2. The zero-order valence-electron chi connectivity index (χ0n) is 14.5. The highest BCUT2D eigenvalue weighted by atomic mass is 35.5. The first-order valence-electron chi connectivity index (χ1n) is 7.60. The third kappa shape index (κ3) is 7.74. The van der Waals surface area contributed by atoms with Crippen LogP contribution in [0.1, 0.15) is 13.8 Å². The fourth-order valence-electron chi connectivity index (χ4n) is 2.88. The summed E-state index contributed by atoms with van der Waals surface area (Å²) in [6.45, 7) is 5.09. The Hall–Kier alpha value is -0.280. The van der Waals surface area contributed by atoms with Crippen LogP contribution < -0.4 is 10.6 Å². The highest BCUT2D eigenvalue weighted by Crippen LogP contribution is 2.25. The second kappa shape index (κ2) is 11.4. The number of nitrogens with zero attached hydrogens (tertiary/aromatic N) is 2. The highest BCUT2D eigenvalue weighted by molar-refractivity contribution is 5.85. The molecule has 5 nitrogen and oxygen atoms in total. The first kappa shape index (κ1) is 26.0. The molecule has 0 aromatic rings. The van der Waals surface area contributed by atoms with Crippen molar-refractivity contribution in [1.29, 1.82) is 0 Å². The molecular formula is C14H29Cl2F3N4O. The number of halogens is 5. The van der Waals surface area contributed by atoms with Gasteiger partial charge in [0.2, 0.25) is 5.91 Å². The van der Waals surface area contributed by atoms with Crippen LogP contribution in [-0.2, 0) is 4.79 Å². The Morgan fingerprint density at radius 2 is 1.71 bits per heavy atom. The van der Waals surface area contributed by atoms with Gasteiger partial charge in [0.1, 0.15) is 6.04 Å². The monoisotopic (exact) mass is 396 g/mol. The number of hydrogen-bond acceptors (Lipinski definition) is 4. The molecule has 0 aromatic heterocycles. The van der Waals surface area contributed by atoms with Gasteiger partial charge < -0.3 is 10.6 Å². The summed E-state index contributed by atoms with van der Waals surface area (Å²) in [4.78, 5) is 15.3. The molecule has 1 unspecified atom stereocenters. The fraction of sp³-hybridized carbons (Fsp3) is 0.929. The third-order valence-electron chi connectivity index (χ3n) is 3.90. The summed E-state index contributed by atoms with van der Waals surface area (Å²) in [6, 6.07) is -2.06. The molecule has 1 amide bonds. The number of carbonyl (C=O) groups is 1. The molecule has 0 aromatic carbocycles. The number of rotatable bonds is 6. The number of carbonyl (C=O) groups excluding carboxylic acids is 1. The molecule has 10 heteroatoms. The maximum Gasteiger partial charge on any atom is 0.405 e. The van der Waals surface area contributed by atoms with Crippen molar-refractivity contribution < 1.29 is 18.0 Å². The minimum Gasteiger partial charge on any atom is -0.353 e. The van der Waals surface area contributed by atoms with Crippen molar-refractivity contribution in [2.24, 2.45) is 5.92 Å². The molecule has 1 aliphatic heterocycles. The fourth-order valence-corrected chi connectivity index (χ4v) is 2.88. The molecule has 1 saturated heterocycles. The molecule has 0 spiro atoms. The smallest absolute Gasteiger partial charge is 0.353 e. The van der Waals surface area contributed by atoms with Gasteiger partial charge in [0.15, 0.2) is 0 Å². The topological polar surface area (TPSA) is 47.6 Å². The number of likely N-dealkylation sites (N-methyl/N-ethyl adjacent to an activating group) is 1. The second-order valence-electron chi connectivity index (χ2n) is 6.24. The molecule has 1 rings (SSSR count). The summed E-state index contributed by atoms with van der Waals surface area (Å²) in [7, 11) is 3.50. The minimum absolute atomic E-state index is 0. The summed E-state index contributed by atoms with van der Waals surface area (Å²) >= 11 is 0. The number of piperazine rings is 1. The molecule has 0 saturated carbocycles. The first-order chi connectivity index (χ1) is 10.1. The van der Waals surface area contributed by atoms with Crippen molar-refractivity contribution >= 4 is 30.7 Å². The average Bonchev–Trinajstić information content (AvgIpc) is 2.37. The van der Waals surface area contributed by atoms with Crippen LogP contribution in [0.5, 0.6) is 0 Å². The van der Waals surface area contributed by atoms with Gasteiger partial charge in [-0.3, -0.25) is 14.6 Å². The third-order valence-corrected chi connectivity index (χ3v) is 3.90. The molecule has 2 N–H and O–H groups in total. The van der Waals surface area contributed by atoms with E-state index in [1.165, 1.54) is 4.90 Å². The van der Waals surface area contributed by atoms with Crippen molar-refractivity contribution in [3.8, 4) is 0 Å². The lowest BCUT2D eigenvalue weighted by molar-refractivity contribution is -0.184. The van der Waals surface area contributed by atoms with Gasteiger partial charge in [-0.15, -0.1) is 24.8 Å². The van der Waals surface area contributed by atoms with E-state index in [2.05, 4.69) is 10.6 Å². The molecule has 0 bridgehead atoms. The van der Waals surface area contributed by atoms with Gasteiger partial charge in [0.25, 0.3) is 0 Å². The van der Waals surface area contributed by atoms with Crippen LogP contribution >= 0.6 is 24.8 Å². The highest BCUT2D eigenvalue weighted by Gasteiger charge is 2.44. The van der Waals surface area contributed by atoms with E-state index in [0.717, 1.165) is 0 Å². The van der Waals surface area contributed by atoms with Crippen LogP contribution in [0.25, 0.3) is 0 Å². The number of amides is 1. The van der Waals surface area contributed by atoms with Crippen molar-refractivity contribution in [2.45, 2.75) is 32.1 Å². The van der Waals surface area contributed by atoms with Crippen LogP contribution in [0.2, 0.25) is 0 Å². The van der Waals surface area contributed by atoms with Gasteiger partial charge in [-0.05, 0) is 20.0 Å². The van der Waals surface area contributed by atoms with Gasteiger partial charge in [-0.1, -0.05) is 13.8 Å². The summed E-state index contributed by atoms with van der Waals surface area (Å²) in [5.74, 6) is -0.331. The zero-order valence-corrected chi connectivity index (χ0v) is 16.2. The Bertz CT molecular complexity index is 356. The summed E-state index contributed by atoms with van der Waals surface area (Å²) in [5, 5.41) is 5.52. The van der Waals surface area contributed by atoms with Gasteiger partial charge in [-0.25, -0.2) is 0 Å². The lowest BCUT2D eigenvalue weighted by Crippen LogP contribution is -2.59. The quantitative estimate of drug-likeness (QED) is 0.711. The van der Waals surface area contributed by atoms with E-state index >= 15 is 0 Å². The largest absolute Gasteiger partial charge is 0.405 e. The van der Waals surface area contributed by atoms with E-state index in [9.17, 15) is 18.0 Å². The van der Waals surface area contributed by atoms with Crippen molar-refractivity contribution in [3.05, 3.63) is 0 Å². The average molecular weight is 397 g/mol. The van der Waals surface area contributed by atoms with E-state index < -0.39 is 24.8 Å². The van der Waals surface area contributed by atoms with Crippen LogP contribution in [0, 0.1) is 5.92 Å². The number of hydrogen-bond donors (Lipinski definition) is 2. The number of nitrogens with one attached hydrogen (secondary N) is 2. The van der Waals surface area contributed by atoms with Crippen LogP contribution in [0.15, 0.2) is 0 Å². The predicted octanol–water partition coefficient (Wildman–Crippen LogP) is 1.37. The van der Waals surface area contributed by atoms with Gasteiger partial charge in [-0.2, -0.15) is 13.2 Å². The minimum atomic E-state index is -4.35. The number of alkyl halides is 3.